The third kappa shape index (κ3) is 3.80. The number of aryl methyl sites for hydroxylation is 2. The van der Waals surface area contributed by atoms with E-state index < -0.39 is 5.82 Å². The molecule has 2 aromatic carbocycles. The first-order chi connectivity index (χ1) is 9.88. The van der Waals surface area contributed by atoms with Crippen LogP contribution in [-0.4, -0.2) is 0 Å². The highest BCUT2D eigenvalue weighted by Crippen LogP contribution is 2.21. The van der Waals surface area contributed by atoms with Gasteiger partial charge >= 0.3 is 0 Å². The molecule has 1 nitrogen and oxygen atoms in total. The minimum atomic E-state index is -0.419. The van der Waals surface area contributed by atoms with Gasteiger partial charge in [-0.25, -0.2) is 8.78 Å². The van der Waals surface area contributed by atoms with E-state index >= 15 is 0 Å². The van der Waals surface area contributed by atoms with Crippen LogP contribution in [0.5, 0.6) is 0 Å². The van der Waals surface area contributed by atoms with Crippen molar-refractivity contribution in [3.8, 4) is 0 Å². The van der Waals surface area contributed by atoms with Gasteiger partial charge in [0.05, 0.1) is 5.02 Å². The van der Waals surface area contributed by atoms with Crippen LogP contribution in [-0.2, 0) is 6.54 Å². The molecule has 2 rings (SSSR count). The van der Waals surface area contributed by atoms with Crippen molar-refractivity contribution in [1.29, 1.82) is 0 Å². The van der Waals surface area contributed by atoms with Crippen molar-refractivity contribution >= 4 is 11.6 Å². The quantitative estimate of drug-likeness (QED) is 0.830. The summed E-state index contributed by atoms with van der Waals surface area (Å²) in [5.74, 6) is -0.575. The molecular formula is C17H18ClF2N. The molecular weight excluding hydrogens is 292 g/mol. The second kappa shape index (κ2) is 6.54. The van der Waals surface area contributed by atoms with Crippen LogP contribution in [0.3, 0.4) is 0 Å². The zero-order chi connectivity index (χ0) is 15.6. The predicted molar refractivity (Wildman–Crippen MR) is 82.5 cm³/mol. The van der Waals surface area contributed by atoms with E-state index in [2.05, 4.69) is 5.32 Å². The fraction of sp³-hybridized carbons (Fsp3) is 0.294. The molecule has 0 heterocycles. The normalized spacial score (nSPS) is 12.5. The maximum atomic E-state index is 13.6. The van der Waals surface area contributed by atoms with Gasteiger partial charge in [-0.05, 0) is 55.2 Å². The molecule has 0 aliphatic rings. The van der Waals surface area contributed by atoms with Crippen LogP contribution < -0.4 is 5.32 Å². The zero-order valence-electron chi connectivity index (χ0n) is 12.3. The lowest BCUT2D eigenvalue weighted by Crippen LogP contribution is -2.18. The van der Waals surface area contributed by atoms with Crippen molar-refractivity contribution < 1.29 is 8.78 Å². The Morgan fingerprint density at radius 2 is 1.71 bits per heavy atom. The summed E-state index contributed by atoms with van der Waals surface area (Å²) in [5.41, 5.74) is 3.22. The van der Waals surface area contributed by atoms with Crippen molar-refractivity contribution in [3.63, 3.8) is 0 Å². The first-order valence-electron chi connectivity index (χ1n) is 6.82. The Hall–Kier alpha value is -1.45. The smallest absolute Gasteiger partial charge is 0.141 e. The molecule has 0 radical (unpaired) electrons. The molecule has 1 atom stereocenters. The molecule has 4 heteroatoms. The Kier molecular flexibility index (Phi) is 4.96. The summed E-state index contributed by atoms with van der Waals surface area (Å²) in [4.78, 5) is 0. The first-order valence-corrected chi connectivity index (χ1v) is 7.20. The SMILES string of the molecule is Cc1cc(CNC(C)c2ccc(F)c(Cl)c2)cc(C)c1F. The van der Waals surface area contributed by atoms with Gasteiger partial charge in [0.1, 0.15) is 11.6 Å². The van der Waals surface area contributed by atoms with Gasteiger partial charge in [-0.15, -0.1) is 0 Å². The molecule has 0 saturated carbocycles. The lowest BCUT2D eigenvalue weighted by molar-refractivity contribution is 0.567. The first kappa shape index (κ1) is 15.9. The van der Waals surface area contributed by atoms with Gasteiger partial charge in [-0.2, -0.15) is 0 Å². The van der Waals surface area contributed by atoms with Crippen molar-refractivity contribution in [2.24, 2.45) is 0 Å². The van der Waals surface area contributed by atoms with E-state index in [0.29, 0.717) is 17.7 Å². The molecule has 1 N–H and O–H groups in total. The minimum Gasteiger partial charge on any atom is -0.306 e. The Morgan fingerprint density at radius 3 is 2.29 bits per heavy atom. The van der Waals surface area contributed by atoms with Gasteiger partial charge in [0, 0.05) is 12.6 Å². The van der Waals surface area contributed by atoms with Crippen molar-refractivity contribution in [2.45, 2.75) is 33.4 Å². The summed E-state index contributed by atoms with van der Waals surface area (Å²) in [6.07, 6.45) is 0. The van der Waals surface area contributed by atoms with E-state index in [-0.39, 0.29) is 16.9 Å². The molecule has 0 spiro atoms. The molecule has 0 amide bonds. The van der Waals surface area contributed by atoms with Crippen LogP contribution in [0.1, 0.15) is 35.2 Å². The van der Waals surface area contributed by atoms with Gasteiger partial charge in [0.25, 0.3) is 0 Å². The number of rotatable bonds is 4. The predicted octanol–water partition coefficient (Wildman–Crippen LogP) is 5.09. The van der Waals surface area contributed by atoms with Gasteiger partial charge in [-0.1, -0.05) is 29.8 Å². The van der Waals surface area contributed by atoms with E-state index in [1.807, 2.05) is 19.1 Å². The lowest BCUT2D eigenvalue weighted by Gasteiger charge is -2.15. The molecule has 0 fully saturated rings. The number of benzene rings is 2. The topological polar surface area (TPSA) is 12.0 Å². The van der Waals surface area contributed by atoms with Gasteiger partial charge in [-0.3, -0.25) is 0 Å². The summed E-state index contributed by atoms with van der Waals surface area (Å²) in [6, 6.07) is 8.38. The Balaban J connectivity index is 2.07. The van der Waals surface area contributed by atoms with E-state index in [4.69, 9.17) is 11.6 Å². The molecule has 0 bridgehead atoms. The van der Waals surface area contributed by atoms with Crippen LogP contribution >= 0.6 is 11.6 Å². The third-order valence-electron chi connectivity index (χ3n) is 3.55. The lowest BCUT2D eigenvalue weighted by atomic mass is 10.0. The number of hydrogen-bond donors (Lipinski definition) is 1. The summed E-state index contributed by atoms with van der Waals surface area (Å²) in [5, 5.41) is 3.45. The molecule has 0 saturated heterocycles. The highest BCUT2D eigenvalue weighted by Gasteiger charge is 2.09. The van der Waals surface area contributed by atoms with Crippen LogP contribution in [0, 0.1) is 25.5 Å². The maximum Gasteiger partial charge on any atom is 0.141 e. The average molecular weight is 310 g/mol. The second-order valence-electron chi connectivity index (χ2n) is 5.32. The number of nitrogens with one attached hydrogen (secondary N) is 1. The molecule has 112 valence electrons. The van der Waals surface area contributed by atoms with Crippen LogP contribution in [0.2, 0.25) is 5.02 Å². The molecule has 0 aliphatic carbocycles. The van der Waals surface area contributed by atoms with Gasteiger partial charge in [0.2, 0.25) is 0 Å². The molecule has 1 unspecified atom stereocenters. The largest absolute Gasteiger partial charge is 0.306 e. The fourth-order valence-electron chi connectivity index (χ4n) is 2.31. The molecule has 0 aliphatic heterocycles. The van der Waals surface area contributed by atoms with E-state index in [9.17, 15) is 8.78 Å². The van der Waals surface area contributed by atoms with E-state index in [0.717, 1.165) is 11.1 Å². The van der Waals surface area contributed by atoms with Crippen molar-refractivity contribution in [2.75, 3.05) is 0 Å². The van der Waals surface area contributed by atoms with E-state index in [1.165, 1.54) is 6.07 Å². The monoisotopic (exact) mass is 309 g/mol. The van der Waals surface area contributed by atoms with Crippen LogP contribution in [0.4, 0.5) is 8.78 Å². The van der Waals surface area contributed by atoms with Gasteiger partial charge in [0.15, 0.2) is 0 Å². The standard InChI is InChI=1S/C17H18ClF2N/c1-10-6-13(7-11(2)17(10)20)9-21-12(3)14-4-5-16(19)15(18)8-14/h4-8,12,21H,9H2,1-3H3. The highest BCUT2D eigenvalue weighted by molar-refractivity contribution is 6.30. The summed E-state index contributed by atoms with van der Waals surface area (Å²) >= 11 is 5.79. The van der Waals surface area contributed by atoms with Crippen molar-refractivity contribution in [3.05, 3.63) is 69.2 Å². The summed E-state index contributed by atoms with van der Waals surface area (Å²) in [6.45, 7) is 6.11. The maximum absolute atomic E-state index is 13.6. The summed E-state index contributed by atoms with van der Waals surface area (Å²) < 4.78 is 26.7. The summed E-state index contributed by atoms with van der Waals surface area (Å²) in [7, 11) is 0. The Labute approximate surface area is 128 Å². The Morgan fingerprint density at radius 1 is 1.10 bits per heavy atom. The zero-order valence-corrected chi connectivity index (χ0v) is 13.1. The minimum absolute atomic E-state index is 0.0220. The molecule has 0 aromatic heterocycles. The van der Waals surface area contributed by atoms with Crippen molar-refractivity contribution in [1.82, 2.24) is 5.32 Å². The number of hydrogen-bond acceptors (Lipinski definition) is 1. The van der Waals surface area contributed by atoms with E-state index in [1.54, 1.807) is 26.0 Å². The number of halogens is 3. The highest BCUT2D eigenvalue weighted by atomic mass is 35.5. The second-order valence-corrected chi connectivity index (χ2v) is 5.73. The Bertz CT molecular complexity index is 632. The average Bonchev–Trinajstić information content (AvgIpc) is 2.44. The fourth-order valence-corrected chi connectivity index (χ4v) is 2.50. The van der Waals surface area contributed by atoms with Crippen LogP contribution in [0.25, 0.3) is 0 Å². The molecule has 2 aromatic rings. The molecule has 21 heavy (non-hydrogen) atoms. The van der Waals surface area contributed by atoms with Gasteiger partial charge < -0.3 is 5.32 Å². The third-order valence-corrected chi connectivity index (χ3v) is 3.84. The van der Waals surface area contributed by atoms with Crippen LogP contribution in [0.15, 0.2) is 30.3 Å².